The lowest BCUT2D eigenvalue weighted by molar-refractivity contribution is 0.218. The summed E-state index contributed by atoms with van der Waals surface area (Å²) in [7, 11) is 1.69. The second kappa shape index (κ2) is 6.67. The van der Waals surface area contributed by atoms with Crippen molar-refractivity contribution in [2.75, 3.05) is 24.9 Å². The maximum atomic E-state index is 5.44. The lowest BCUT2D eigenvalue weighted by atomic mass is 10.1. The van der Waals surface area contributed by atoms with E-state index >= 15 is 0 Å². The molecule has 0 fully saturated rings. The number of thioether (sulfide) groups is 1. The van der Waals surface area contributed by atoms with Gasteiger partial charge >= 0.3 is 0 Å². The molecule has 16 heavy (non-hydrogen) atoms. The van der Waals surface area contributed by atoms with Crippen LogP contribution in [-0.2, 0) is 4.74 Å². The summed E-state index contributed by atoms with van der Waals surface area (Å²) in [6.07, 6.45) is 1.52. The average Bonchev–Trinajstić information content (AvgIpc) is 2.28. The van der Waals surface area contributed by atoms with Gasteiger partial charge in [-0.05, 0) is 5.92 Å². The van der Waals surface area contributed by atoms with E-state index in [0.29, 0.717) is 18.3 Å². The SMILES string of the molecule is COCCSc1ncnc(NN)c1C(C)C. The third-order valence-electron chi connectivity index (χ3n) is 2.09. The number of ether oxygens (including phenoxy) is 1. The Balaban J connectivity index is 2.89. The number of hydrogen-bond acceptors (Lipinski definition) is 6. The van der Waals surface area contributed by atoms with Gasteiger partial charge in [0.1, 0.15) is 17.2 Å². The van der Waals surface area contributed by atoms with Gasteiger partial charge in [-0.3, -0.25) is 0 Å². The van der Waals surface area contributed by atoms with Crippen molar-refractivity contribution in [1.82, 2.24) is 9.97 Å². The Kier molecular flexibility index (Phi) is 5.51. The van der Waals surface area contributed by atoms with Crippen molar-refractivity contribution < 1.29 is 4.74 Å². The lowest BCUT2D eigenvalue weighted by Gasteiger charge is -2.14. The molecule has 0 bridgehead atoms. The monoisotopic (exact) mass is 242 g/mol. The zero-order valence-electron chi connectivity index (χ0n) is 9.86. The van der Waals surface area contributed by atoms with E-state index in [0.717, 1.165) is 16.3 Å². The van der Waals surface area contributed by atoms with Gasteiger partial charge in [0, 0.05) is 18.4 Å². The van der Waals surface area contributed by atoms with Crippen LogP contribution in [0.25, 0.3) is 0 Å². The Morgan fingerprint density at radius 1 is 1.50 bits per heavy atom. The summed E-state index contributed by atoms with van der Waals surface area (Å²) in [4.78, 5) is 8.40. The van der Waals surface area contributed by atoms with Gasteiger partial charge in [0.15, 0.2) is 0 Å². The van der Waals surface area contributed by atoms with E-state index in [-0.39, 0.29) is 0 Å². The molecule has 0 saturated carbocycles. The smallest absolute Gasteiger partial charge is 0.147 e. The van der Waals surface area contributed by atoms with Crippen LogP contribution in [0.15, 0.2) is 11.4 Å². The molecule has 0 radical (unpaired) electrons. The molecule has 1 heterocycles. The van der Waals surface area contributed by atoms with Gasteiger partial charge < -0.3 is 10.2 Å². The molecule has 6 heteroatoms. The third-order valence-corrected chi connectivity index (χ3v) is 3.06. The molecule has 0 saturated heterocycles. The average molecular weight is 242 g/mol. The van der Waals surface area contributed by atoms with Crippen LogP contribution in [0.5, 0.6) is 0 Å². The Hall–Kier alpha value is -0.850. The molecular weight excluding hydrogens is 224 g/mol. The molecule has 0 aliphatic carbocycles. The van der Waals surface area contributed by atoms with Gasteiger partial charge in [0.05, 0.1) is 6.61 Å². The second-order valence-electron chi connectivity index (χ2n) is 3.58. The van der Waals surface area contributed by atoms with Crippen molar-refractivity contribution in [3.05, 3.63) is 11.9 Å². The summed E-state index contributed by atoms with van der Waals surface area (Å²) in [5.74, 6) is 7.34. The van der Waals surface area contributed by atoms with Crippen molar-refractivity contribution >= 4 is 17.6 Å². The van der Waals surface area contributed by atoms with Crippen molar-refractivity contribution in [1.29, 1.82) is 0 Å². The normalized spacial score (nSPS) is 10.8. The number of aromatic nitrogens is 2. The highest BCUT2D eigenvalue weighted by atomic mass is 32.2. The number of nitrogens with zero attached hydrogens (tertiary/aromatic N) is 2. The van der Waals surface area contributed by atoms with Crippen molar-refractivity contribution in [3.63, 3.8) is 0 Å². The van der Waals surface area contributed by atoms with Crippen LogP contribution in [0.2, 0.25) is 0 Å². The Morgan fingerprint density at radius 3 is 2.81 bits per heavy atom. The third kappa shape index (κ3) is 3.33. The quantitative estimate of drug-likeness (QED) is 0.260. The molecule has 0 aliphatic heterocycles. The van der Waals surface area contributed by atoms with Crippen molar-refractivity contribution in [2.45, 2.75) is 24.8 Å². The first kappa shape index (κ1) is 13.2. The maximum Gasteiger partial charge on any atom is 0.147 e. The number of hydrazine groups is 1. The highest BCUT2D eigenvalue weighted by Crippen LogP contribution is 2.30. The van der Waals surface area contributed by atoms with Crippen molar-refractivity contribution in [2.24, 2.45) is 5.84 Å². The fraction of sp³-hybridized carbons (Fsp3) is 0.600. The number of methoxy groups -OCH3 is 1. The summed E-state index contributed by atoms with van der Waals surface area (Å²) in [6, 6.07) is 0. The van der Waals surface area contributed by atoms with E-state index in [4.69, 9.17) is 10.6 Å². The second-order valence-corrected chi connectivity index (χ2v) is 4.67. The predicted octanol–water partition coefficient (Wildman–Crippen LogP) is 1.62. The Bertz CT molecular complexity index is 333. The summed E-state index contributed by atoms with van der Waals surface area (Å²) >= 11 is 1.66. The van der Waals surface area contributed by atoms with Gasteiger partial charge in [0.2, 0.25) is 0 Å². The van der Waals surface area contributed by atoms with Crippen LogP contribution in [0.1, 0.15) is 25.3 Å². The first-order chi connectivity index (χ1) is 7.70. The zero-order valence-corrected chi connectivity index (χ0v) is 10.7. The fourth-order valence-electron chi connectivity index (χ4n) is 1.35. The standard InChI is InChI=1S/C10H18N4OS/c1-7(2)8-9(14-11)12-6-13-10(8)16-5-4-15-3/h6-7H,4-5,11H2,1-3H3,(H,12,13,14). The molecule has 90 valence electrons. The first-order valence-electron chi connectivity index (χ1n) is 5.14. The van der Waals surface area contributed by atoms with Crippen LogP contribution in [-0.4, -0.2) is 29.4 Å². The number of nitrogens with one attached hydrogen (secondary N) is 1. The topological polar surface area (TPSA) is 73.1 Å². The fourth-order valence-corrected chi connectivity index (χ4v) is 2.40. The van der Waals surface area contributed by atoms with Gasteiger partial charge in [-0.2, -0.15) is 0 Å². The van der Waals surface area contributed by atoms with E-state index in [2.05, 4.69) is 29.2 Å². The summed E-state index contributed by atoms with van der Waals surface area (Å²) in [5.41, 5.74) is 3.67. The molecular formula is C10H18N4OS. The molecule has 0 aromatic carbocycles. The largest absolute Gasteiger partial charge is 0.384 e. The minimum Gasteiger partial charge on any atom is -0.384 e. The number of nitrogen functional groups attached to an aromatic ring is 1. The summed E-state index contributed by atoms with van der Waals surface area (Å²) in [5, 5.41) is 0.968. The molecule has 5 nitrogen and oxygen atoms in total. The molecule has 3 N–H and O–H groups in total. The number of nitrogens with two attached hydrogens (primary N) is 1. The first-order valence-corrected chi connectivity index (χ1v) is 6.12. The lowest BCUT2D eigenvalue weighted by Crippen LogP contribution is -2.13. The van der Waals surface area contributed by atoms with Crippen LogP contribution < -0.4 is 11.3 Å². The molecule has 0 amide bonds. The van der Waals surface area contributed by atoms with Crippen LogP contribution >= 0.6 is 11.8 Å². The zero-order chi connectivity index (χ0) is 12.0. The van der Waals surface area contributed by atoms with Gasteiger partial charge in [-0.25, -0.2) is 15.8 Å². The highest BCUT2D eigenvalue weighted by Gasteiger charge is 2.14. The highest BCUT2D eigenvalue weighted by molar-refractivity contribution is 7.99. The molecule has 0 spiro atoms. The molecule has 1 rings (SSSR count). The van der Waals surface area contributed by atoms with E-state index in [1.807, 2.05) is 0 Å². The van der Waals surface area contributed by atoms with E-state index in [9.17, 15) is 0 Å². The minimum atomic E-state index is 0.331. The van der Waals surface area contributed by atoms with Crippen LogP contribution in [0, 0.1) is 0 Å². The van der Waals surface area contributed by atoms with Crippen LogP contribution in [0.3, 0.4) is 0 Å². The summed E-state index contributed by atoms with van der Waals surface area (Å²) < 4.78 is 5.02. The molecule has 1 aromatic heterocycles. The number of anilines is 1. The summed E-state index contributed by atoms with van der Waals surface area (Å²) in [6.45, 7) is 4.90. The number of hydrogen-bond donors (Lipinski definition) is 2. The van der Waals surface area contributed by atoms with Gasteiger partial charge in [-0.15, -0.1) is 11.8 Å². The maximum absolute atomic E-state index is 5.44. The molecule has 0 atom stereocenters. The van der Waals surface area contributed by atoms with Gasteiger partial charge in [0.25, 0.3) is 0 Å². The van der Waals surface area contributed by atoms with E-state index < -0.39 is 0 Å². The molecule has 0 aliphatic rings. The minimum absolute atomic E-state index is 0.331. The van der Waals surface area contributed by atoms with Crippen molar-refractivity contribution in [3.8, 4) is 0 Å². The van der Waals surface area contributed by atoms with E-state index in [1.165, 1.54) is 6.33 Å². The Labute approximate surface area is 100 Å². The molecule has 0 unspecified atom stereocenters. The molecule has 1 aromatic rings. The van der Waals surface area contributed by atoms with E-state index in [1.54, 1.807) is 18.9 Å². The predicted molar refractivity (Wildman–Crippen MR) is 66.5 cm³/mol. The van der Waals surface area contributed by atoms with Gasteiger partial charge in [-0.1, -0.05) is 13.8 Å². The number of rotatable bonds is 6. The Morgan fingerprint density at radius 2 is 2.25 bits per heavy atom. The van der Waals surface area contributed by atoms with Crippen LogP contribution in [0.4, 0.5) is 5.82 Å².